The highest BCUT2D eigenvalue weighted by Gasteiger charge is 2.33. The molecule has 0 bridgehead atoms. The number of hydrogen-bond donors (Lipinski definition) is 1. The quantitative estimate of drug-likeness (QED) is 0.675. The second-order valence-corrected chi connectivity index (χ2v) is 3.76. The predicted octanol–water partition coefficient (Wildman–Crippen LogP) is 3.41. The topological polar surface area (TPSA) is 43.8 Å². The van der Waals surface area contributed by atoms with Crippen molar-refractivity contribution in [3.63, 3.8) is 0 Å². The number of nitrogens with zero attached hydrogens (tertiary/aromatic N) is 2. The summed E-state index contributed by atoms with van der Waals surface area (Å²) in [6, 6.07) is 4.24. The molecule has 0 saturated carbocycles. The largest absolute Gasteiger partial charge is 0.435 e. The van der Waals surface area contributed by atoms with Gasteiger partial charge in [-0.3, -0.25) is 0 Å². The van der Waals surface area contributed by atoms with Gasteiger partial charge in [0.25, 0.3) is 6.43 Å². The van der Waals surface area contributed by atoms with Crippen molar-refractivity contribution in [1.29, 1.82) is 0 Å². The Balaban J connectivity index is 2.50. The van der Waals surface area contributed by atoms with E-state index in [0.29, 0.717) is 6.07 Å². The molecule has 0 aliphatic carbocycles. The molecule has 102 valence electrons. The van der Waals surface area contributed by atoms with Crippen LogP contribution in [0.4, 0.5) is 27.6 Å². The summed E-state index contributed by atoms with van der Waals surface area (Å²) in [5.74, 6) is 0. The molecule has 2 N–H and O–H groups in total. The minimum atomic E-state index is -4.62. The molecule has 1 heterocycles. The third kappa shape index (κ3) is 2.67. The van der Waals surface area contributed by atoms with E-state index in [0.717, 1.165) is 16.9 Å². The molecule has 1 aromatic heterocycles. The molecule has 1 aromatic carbocycles. The molecule has 0 spiro atoms. The molecule has 3 nitrogen and oxygen atoms in total. The number of halogens is 5. The van der Waals surface area contributed by atoms with Gasteiger partial charge in [-0.1, -0.05) is 0 Å². The molecule has 0 amide bonds. The molecule has 0 fully saturated rings. The number of aromatic nitrogens is 2. The minimum Gasteiger partial charge on any atom is -0.399 e. The minimum absolute atomic E-state index is 0.0993. The van der Waals surface area contributed by atoms with Crippen molar-refractivity contribution in [2.75, 3.05) is 5.73 Å². The lowest BCUT2D eigenvalue weighted by Gasteiger charge is -2.10. The van der Waals surface area contributed by atoms with Gasteiger partial charge in [0.2, 0.25) is 0 Å². The lowest BCUT2D eigenvalue weighted by molar-refractivity contribution is -0.141. The van der Waals surface area contributed by atoms with Crippen molar-refractivity contribution in [2.45, 2.75) is 12.6 Å². The number of rotatable bonds is 2. The molecular formula is C11H8F5N3. The van der Waals surface area contributed by atoms with Gasteiger partial charge in [-0.2, -0.15) is 18.3 Å². The Morgan fingerprint density at radius 3 is 2.37 bits per heavy atom. The zero-order valence-electron chi connectivity index (χ0n) is 9.33. The Labute approximate surface area is 104 Å². The maximum Gasteiger partial charge on any atom is 0.435 e. The van der Waals surface area contributed by atoms with Crippen LogP contribution in [0.2, 0.25) is 0 Å². The van der Waals surface area contributed by atoms with Gasteiger partial charge < -0.3 is 5.73 Å². The van der Waals surface area contributed by atoms with E-state index in [2.05, 4.69) is 5.10 Å². The molecule has 0 atom stereocenters. The van der Waals surface area contributed by atoms with Crippen LogP contribution >= 0.6 is 0 Å². The monoisotopic (exact) mass is 277 g/mol. The average molecular weight is 277 g/mol. The molecule has 0 radical (unpaired) electrons. The van der Waals surface area contributed by atoms with Crippen LogP contribution in [0.15, 0.2) is 30.5 Å². The van der Waals surface area contributed by atoms with Gasteiger partial charge in [0.15, 0.2) is 5.69 Å². The van der Waals surface area contributed by atoms with Crippen molar-refractivity contribution < 1.29 is 22.0 Å². The van der Waals surface area contributed by atoms with E-state index in [-0.39, 0.29) is 11.4 Å². The molecule has 0 unspecified atom stereocenters. The smallest absolute Gasteiger partial charge is 0.399 e. The van der Waals surface area contributed by atoms with Gasteiger partial charge in [-0.25, -0.2) is 13.5 Å². The summed E-state index contributed by atoms with van der Waals surface area (Å²) in [6.45, 7) is 0. The number of benzene rings is 1. The van der Waals surface area contributed by atoms with Gasteiger partial charge in [-0.05, 0) is 24.3 Å². The molecule has 2 aromatic rings. The Morgan fingerprint density at radius 1 is 1.16 bits per heavy atom. The molecule has 2 rings (SSSR count). The molecule has 0 aliphatic rings. The van der Waals surface area contributed by atoms with Crippen molar-refractivity contribution in [3.05, 3.63) is 41.7 Å². The summed E-state index contributed by atoms with van der Waals surface area (Å²) in [5.41, 5.74) is 3.71. The van der Waals surface area contributed by atoms with Gasteiger partial charge in [0.1, 0.15) is 0 Å². The normalized spacial score (nSPS) is 12.1. The Hall–Kier alpha value is -2.12. The van der Waals surface area contributed by atoms with Crippen LogP contribution in [0.25, 0.3) is 5.69 Å². The number of hydrogen-bond acceptors (Lipinski definition) is 2. The number of nitrogens with two attached hydrogens (primary N) is 1. The lowest BCUT2D eigenvalue weighted by atomic mass is 10.1. The van der Waals surface area contributed by atoms with Crippen molar-refractivity contribution in [2.24, 2.45) is 0 Å². The maximum absolute atomic E-state index is 12.8. The van der Waals surface area contributed by atoms with Crippen LogP contribution in [-0.4, -0.2) is 9.78 Å². The van der Waals surface area contributed by atoms with E-state index >= 15 is 0 Å². The summed E-state index contributed by atoms with van der Waals surface area (Å²) in [4.78, 5) is 0. The highest BCUT2D eigenvalue weighted by atomic mass is 19.4. The maximum atomic E-state index is 12.8. The van der Waals surface area contributed by atoms with E-state index in [4.69, 9.17) is 5.73 Å². The lowest BCUT2D eigenvalue weighted by Crippen LogP contribution is -2.08. The zero-order chi connectivity index (χ0) is 14.2. The standard InChI is InChI=1S/C11H8F5N3/c12-10(13)7-5-6(17)1-2-8(7)19-4-3-9(18-19)11(14,15)16/h1-5,10H,17H2. The fraction of sp³-hybridized carbons (Fsp3) is 0.182. The Kier molecular flexibility index (Phi) is 3.17. The average Bonchev–Trinajstić information content (AvgIpc) is 2.77. The summed E-state index contributed by atoms with van der Waals surface area (Å²) >= 11 is 0. The van der Waals surface area contributed by atoms with Crippen LogP contribution in [0, 0.1) is 0 Å². The van der Waals surface area contributed by atoms with Crippen LogP contribution in [0.5, 0.6) is 0 Å². The van der Waals surface area contributed by atoms with Gasteiger partial charge >= 0.3 is 6.18 Å². The highest BCUT2D eigenvalue weighted by molar-refractivity contribution is 5.51. The first kappa shape index (κ1) is 13.3. The van der Waals surface area contributed by atoms with Gasteiger partial charge in [0, 0.05) is 17.4 Å². The summed E-state index contributed by atoms with van der Waals surface area (Å²) in [6.07, 6.45) is -6.51. The first-order valence-electron chi connectivity index (χ1n) is 5.10. The van der Waals surface area contributed by atoms with Gasteiger partial charge in [0.05, 0.1) is 5.69 Å². The number of anilines is 1. The van der Waals surface area contributed by atoms with Crippen LogP contribution < -0.4 is 5.73 Å². The SMILES string of the molecule is Nc1ccc(-n2ccc(C(F)(F)F)n2)c(C(F)F)c1. The van der Waals surface area contributed by atoms with Crippen LogP contribution in [-0.2, 0) is 6.18 Å². The molecule has 19 heavy (non-hydrogen) atoms. The number of nitrogen functional groups attached to an aromatic ring is 1. The number of alkyl halides is 5. The second kappa shape index (κ2) is 4.52. The van der Waals surface area contributed by atoms with E-state index in [1.807, 2.05) is 0 Å². The van der Waals surface area contributed by atoms with Crippen molar-refractivity contribution in [1.82, 2.24) is 9.78 Å². The van der Waals surface area contributed by atoms with Gasteiger partial charge in [-0.15, -0.1) is 0 Å². The Morgan fingerprint density at radius 2 is 1.84 bits per heavy atom. The summed E-state index contributed by atoms with van der Waals surface area (Å²) in [5, 5.41) is 3.24. The van der Waals surface area contributed by atoms with E-state index in [1.165, 1.54) is 12.1 Å². The summed E-state index contributed by atoms with van der Waals surface area (Å²) < 4.78 is 63.6. The molecular weight excluding hydrogens is 269 g/mol. The van der Waals surface area contributed by atoms with Crippen molar-refractivity contribution in [3.8, 4) is 5.69 Å². The van der Waals surface area contributed by atoms with E-state index in [1.54, 1.807) is 0 Å². The summed E-state index contributed by atoms with van der Waals surface area (Å²) in [7, 11) is 0. The van der Waals surface area contributed by atoms with Crippen LogP contribution in [0.3, 0.4) is 0 Å². The molecule has 0 saturated heterocycles. The first-order chi connectivity index (χ1) is 8.79. The predicted molar refractivity (Wildman–Crippen MR) is 57.9 cm³/mol. The fourth-order valence-electron chi connectivity index (χ4n) is 1.57. The molecule has 8 heteroatoms. The van der Waals surface area contributed by atoms with Crippen molar-refractivity contribution >= 4 is 5.69 Å². The Bertz CT molecular complexity index is 588. The van der Waals surface area contributed by atoms with E-state index < -0.39 is 23.9 Å². The zero-order valence-corrected chi connectivity index (χ0v) is 9.33. The second-order valence-electron chi connectivity index (χ2n) is 3.76. The third-order valence-electron chi connectivity index (χ3n) is 2.41. The fourth-order valence-corrected chi connectivity index (χ4v) is 1.57. The van der Waals surface area contributed by atoms with E-state index in [9.17, 15) is 22.0 Å². The van der Waals surface area contributed by atoms with Crippen LogP contribution in [0.1, 0.15) is 17.7 Å². The molecule has 0 aliphatic heterocycles. The highest BCUT2D eigenvalue weighted by Crippen LogP contribution is 2.30. The third-order valence-corrected chi connectivity index (χ3v) is 2.41. The first-order valence-corrected chi connectivity index (χ1v) is 5.10.